The molecule has 1 unspecified atom stereocenters. The van der Waals surface area contributed by atoms with Crippen molar-refractivity contribution in [2.24, 2.45) is 17.8 Å². The highest BCUT2D eigenvalue weighted by Crippen LogP contribution is 2.46. The van der Waals surface area contributed by atoms with Crippen LogP contribution >= 0.6 is 0 Å². The van der Waals surface area contributed by atoms with Crippen LogP contribution in [0.25, 0.3) is 11.3 Å². The van der Waals surface area contributed by atoms with Crippen molar-refractivity contribution in [3.8, 4) is 17.1 Å². The fraction of sp³-hybridized carbons (Fsp3) is 0.448. The highest BCUT2D eigenvalue weighted by molar-refractivity contribution is 7.92. The molecule has 7 heteroatoms. The van der Waals surface area contributed by atoms with Gasteiger partial charge >= 0.3 is 0 Å². The first-order valence-corrected chi connectivity index (χ1v) is 14.4. The summed E-state index contributed by atoms with van der Waals surface area (Å²) in [5, 5.41) is 0. The molecule has 0 amide bonds. The van der Waals surface area contributed by atoms with Crippen LogP contribution in [0.3, 0.4) is 0 Å². The zero-order valence-corrected chi connectivity index (χ0v) is 22.3. The van der Waals surface area contributed by atoms with Gasteiger partial charge in [0.15, 0.2) is 0 Å². The number of aryl methyl sites for hydroxylation is 2. The summed E-state index contributed by atoms with van der Waals surface area (Å²) in [6.07, 6.45) is 4.56. The predicted octanol–water partition coefficient (Wildman–Crippen LogP) is 6.50. The first-order valence-electron chi connectivity index (χ1n) is 12.9. The van der Waals surface area contributed by atoms with Gasteiger partial charge in [0.05, 0.1) is 17.2 Å². The zero-order chi connectivity index (χ0) is 25.4. The smallest absolute Gasteiger partial charge is 0.264 e. The lowest BCUT2D eigenvalue weighted by Gasteiger charge is -2.40. The highest BCUT2D eigenvalue weighted by Gasteiger charge is 2.36. The van der Waals surface area contributed by atoms with Crippen LogP contribution in [-0.2, 0) is 10.0 Å². The normalized spacial score (nSPS) is 21.5. The van der Waals surface area contributed by atoms with Gasteiger partial charge in [-0.15, -0.1) is 0 Å². The molecular formula is C29H35N3O3S. The lowest BCUT2D eigenvalue weighted by atomic mass is 9.66. The van der Waals surface area contributed by atoms with Gasteiger partial charge in [-0.1, -0.05) is 50.6 Å². The van der Waals surface area contributed by atoms with Gasteiger partial charge in [0, 0.05) is 17.5 Å². The molecule has 1 aliphatic heterocycles. The van der Waals surface area contributed by atoms with Crippen molar-refractivity contribution < 1.29 is 13.2 Å². The molecule has 190 valence electrons. The van der Waals surface area contributed by atoms with E-state index in [9.17, 15) is 8.42 Å². The molecule has 5 rings (SSSR count). The predicted molar refractivity (Wildman–Crippen MR) is 143 cm³/mol. The average Bonchev–Trinajstić information content (AvgIpc) is 2.78. The molecule has 0 spiro atoms. The molecule has 1 fully saturated rings. The quantitative estimate of drug-likeness (QED) is 0.438. The van der Waals surface area contributed by atoms with Gasteiger partial charge in [-0.2, -0.15) is 4.98 Å². The standard InChI is InChI=1S/C29H35N3O3S/c1-18(2)14-23-17-35-26-16-25(27-19(3)8-5-9-20(27)4)30-29(31-26)32-36(33,34)24-13-7-12-22(15-24)28(23)21-10-6-11-21/h5,7-9,12-13,15-16,18,21,23,28H,6,10-11,14,17H2,1-4H3,(H,30,31,32)/t23-,28?/m1/s1. The number of anilines is 1. The number of ether oxygens (including phenoxy) is 1. The Morgan fingerprint density at radius 1 is 1.03 bits per heavy atom. The Bertz CT molecular complexity index is 1350. The summed E-state index contributed by atoms with van der Waals surface area (Å²) in [4.78, 5) is 9.34. The number of hydrogen-bond donors (Lipinski definition) is 1. The molecule has 1 aliphatic carbocycles. The minimum Gasteiger partial charge on any atom is -0.477 e. The largest absolute Gasteiger partial charge is 0.477 e. The lowest BCUT2D eigenvalue weighted by Crippen LogP contribution is -2.32. The van der Waals surface area contributed by atoms with Crippen LogP contribution in [0.4, 0.5) is 5.95 Å². The van der Waals surface area contributed by atoms with Gasteiger partial charge in [0.1, 0.15) is 0 Å². The molecular weight excluding hydrogens is 470 g/mol. The molecule has 2 heterocycles. The second-order valence-electron chi connectivity index (χ2n) is 10.8. The van der Waals surface area contributed by atoms with Crippen molar-refractivity contribution >= 4 is 16.0 Å². The number of nitrogens with one attached hydrogen (secondary N) is 1. The SMILES string of the molecule is Cc1cccc(C)c1-c1cc2nc(n1)NS(=O)(=O)c1cccc(c1)C(C1CCC1)[C@H](CC(C)C)CO2. The van der Waals surface area contributed by atoms with Crippen LogP contribution < -0.4 is 9.46 Å². The summed E-state index contributed by atoms with van der Waals surface area (Å²) in [5.41, 5.74) is 4.81. The first kappa shape index (κ1) is 24.8. The molecule has 2 aliphatic rings. The van der Waals surface area contributed by atoms with E-state index in [4.69, 9.17) is 4.74 Å². The minimum absolute atomic E-state index is 0.0204. The van der Waals surface area contributed by atoms with Crippen LogP contribution in [0.15, 0.2) is 53.4 Å². The number of fused-ring (bicyclic) bond motifs is 4. The van der Waals surface area contributed by atoms with Crippen molar-refractivity contribution in [2.75, 3.05) is 11.3 Å². The monoisotopic (exact) mass is 505 g/mol. The third kappa shape index (κ3) is 4.99. The van der Waals surface area contributed by atoms with Gasteiger partial charge < -0.3 is 4.74 Å². The van der Waals surface area contributed by atoms with Gasteiger partial charge in [-0.25, -0.2) is 18.1 Å². The molecule has 1 N–H and O–H groups in total. The molecule has 4 bridgehead atoms. The molecule has 2 aromatic carbocycles. The maximum atomic E-state index is 13.5. The Labute approximate surface area is 214 Å². The Balaban J connectivity index is 1.66. The van der Waals surface area contributed by atoms with Crippen molar-refractivity contribution in [3.05, 3.63) is 65.2 Å². The third-order valence-electron chi connectivity index (χ3n) is 7.60. The Hall–Kier alpha value is -2.93. The molecule has 6 nitrogen and oxygen atoms in total. The Morgan fingerprint density at radius 3 is 2.42 bits per heavy atom. The number of sulfonamides is 1. The third-order valence-corrected chi connectivity index (χ3v) is 8.93. The van der Waals surface area contributed by atoms with E-state index >= 15 is 0 Å². The maximum absolute atomic E-state index is 13.5. The summed E-state index contributed by atoms with van der Waals surface area (Å²) < 4.78 is 35.9. The van der Waals surface area contributed by atoms with E-state index in [-0.39, 0.29) is 22.7 Å². The maximum Gasteiger partial charge on any atom is 0.264 e. The summed E-state index contributed by atoms with van der Waals surface area (Å²) in [7, 11) is -3.87. The molecule has 2 atom stereocenters. The van der Waals surface area contributed by atoms with Crippen molar-refractivity contribution in [1.82, 2.24) is 9.97 Å². The summed E-state index contributed by atoms with van der Waals surface area (Å²) >= 11 is 0. The number of hydrogen-bond acceptors (Lipinski definition) is 5. The summed E-state index contributed by atoms with van der Waals surface area (Å²) in [6, 6.07) is 15.3. The summed E-state index contributed by atoms with van der Waals surface area (Å²) in [5.74, 6) is 1.95. The molecule has 36 heavy (non-hydrogen) atoms. The molecule has 1 saturated carbocycles. The fourth-order valence-electron chi connectivity index (χ4n) is 5.80. The van der Waals surface area contributed by atoms with Crippen LogP contribution in [0, 0.1) is 31.6 Å². The average molecular weight is 506 g/mol. The van der Waals surface area contributed by atoms with Gasteiger partial charge in [-0.05, 0) is 79.7 Å². The fourth-order valence-corrected chi connectivity index (χ4v) is 6.80. The van der Waals surface area contributed by atoms with Crippen molar-refractivity contribution in [1.29, 1.82) is 0 Å². The second-order valence-corrected chi connectivity index (χ2v) is 12.5. The lowest BCUT2D eigenvalue weighted by molar-refractivity contribution is 0.133. The number of rotatable bonds is 4. The van der Waals surface area contributed by atoms with E-state index in [1.54, 1.807) is 6.07 Å². The first-order chi connectivity index (χ1) is 17.2. The van der Waals surface area contributed by atoms with Crippen LogP contribution in [0.1, 0.15) is 62.1 Å². The van der Waals surface area contributed by atoms with Crippen molar-refractivity contribution in [2.45, 2.75) is 64.2 Å². The number of nitrogens with zero attached hydrogens (tertiary/aromatic N) is 2. The topological polar surface area (TPSA) is 81.2 Å². The van der Waals surface area contributed by atoms with E-state index in [2.05, 4.69) is 34.6 Å². The minimum atomic E-state index is -3.87. The van der Waals surface area contributed by atoms with Crippen LogP contribution in [0.2, 0.25) is 0 Å². The Morgan fingerprint density at radius 2 is 1.75 bits per heavy atom. The number of benzene rings is 2. The van der Waals surface area contributed by atoms with Crippen LogP contribution in [-0.4, -0.2) is 25.0 Å². The zero-order valence-electron chi connectivity index (χ0n) is 21.5. The Kier molecular flexibility index (Phi) is 6.77. The second kappa shape index (κ2) is 9.85. The van der Waals surface area contributed by atoms with E-state index in [0.717, 1.165) is 28.7 Å². The highest BCUT2D eigenvalue weighted by atomic mass is 32.2. The van der Waals surface area contributed by atoms with Crippen molar-refractivity contribution in [3.63, 3.8) is 0 Å². The van der Waals surface area contributed by atoms with Crippen LogP contribution in [0.5, 0.6) is 5.88 Å². The number of aromatic nitrogens is 2. The molecule has 1 aromatic heterocycles. The van der Waals surface area contributed by atoms with Gasteiger partial charge in [-0.3, -0.25) is 0 Å². The van der Waals surface area contributed by atoms with E-state index in [1.807, 2.05) is 50.2 Å². The van der Waals surface area contributed by atoms with Gasteiger partial charge in [0.25, 0.3) is 10.0 Å². The van der Waals surface area contributed by atoms with E-state index in [1.165, 1.54) is 19.3 Å². The van der Waals surface area contributed by atoms with E-state index < -0.39 is 10.0 Å². The molecule has 0 radical (unpaired) electrons. The molecule has 3 aromatic rings. The van der Waals surface area contributed by atoms with Gasteiger partial charge in [0.2, 0.25) is 11.8 Å². The molecule has 0 saturated heterocycles. The van der Waals surface area contributed by atoms with E-state index in [0.29, 0.717) is 30.0 Å². The summed E-state index contributed by atoms with van der Waals surface area (Å²) in [6.45, 7) is 9.06.